The number of unbranched alkanes of at least 4 members (excludes halogenated alkanes) is 3. The number of likely N-dealkylation sites (N-methyl/N-ethyl adjacent to an activating group) is 1. The summed E-state index contributed by atoms with van der Waals surface area (Å²) < 4.78 is 14.2. The van der Waals surface area contributed by atoms with Gasteiger partial charge in [0.15, 0.2) is 0 Å². The van der Waals surface area contributed by atoms with Gasteiger partial charge in [-0.2, -0.15) is 0 Å². The Balaban J connectivity index is 2.48. The number of hydrogen-bond donors (Lipinski definition) is 1. The molecule has 1 aromatic carbocycles. The maximum absolute atomic E-state index is 13.2. The number of hydrogen-bond acceptors (Lipinski definition) is 1. The Morgan fingerprint density at radius 2 is 2.06 bits per heavy atom. The van der Waals surface area contributed by atoms with E-state index in [-0.39, 0.29) is 5.82 Å². The second-order valence-corrected chi connectivity index (χ2v) is 5.63. The normalized spacial score (nSPS) is 12.7. The number of halogens is 2. The highest BCUT2D eigenvalue weighted by Crippen LogP contribution is 2.20. The topological polar surface area (TPSA) is 12.0 Å². The first-order valence-electron chi connectivity index (χ1n) is 6.78. The Hall–Kier alpha value is -0.410. The van der Waals surface area contributed by atoms with E-state index in [2.05, 4.69) is 28.2 Å². The van der Waals surface area contributed by atoms with E-state index in [4.69, 9.17) is 0 Å². The molecule has 102 valence electrons. The summed E-state index contributed by atoms with van der Waals surface area (Å²) in [6.45, 7) is 2.22. The van der Waals surface area contributed by atoms with Crippen molar-refractivity contribution in [1.82, 2.24) is 5.32 Å². The van der Waals surface area contributed by atoms with Gasteiger partial charge in [0.05, 0.1) is 0 Å². The third-order valence-electron chi connectivity index (χ3n) is 3.29. The third-order valence-corrected chi connectivity index (χ3v) is 4.06. The molecule has 1 N–H and O–H groups in total. The van der Waals surface area contributed by atoms with E-state index < -0.39 is 0 Å². The molecule has 0 heterocycles. The summed E-state index contributed by atoms with van der Waals surface area (Å²) in [6.07, 6.45) is 7.13. The first kappa shape index (κ1) is 15.6. The highest BCUT2D eigenvalue weighted by molar-refractivity contribution is 9.10. The first-order chi connectivity index (χ1) is 8.67. The highest BCUT2D eigenvalue weighted by Gasteiger charge is 2.10. The largest absolute Gasteiger partial charge is 0.317 e. The van der Waals surface area contributed by atoms with Crippen LogP contribution in [0, 0.1) is 5.82 Å². The van der Waals surface area contributed by atoms with Gasteiger partial charge in [0.1, 0.15) is 5.82 Å². The van der Waals surface area contributed by atoms with Crippen molar-refractivity contribution in [2.45, 2.75) is 51.5 Å². The zero-order chi connectivity index (χ0) is 13.4. The van der Waals surface area contributed by atoms with Crippen LogP contribution in [-0.2, 0) is 6.42 Å². The van der Waals surface area contributed by atoms with Gasteiger partial charge in [-0.1, -0.05) is 48.5 Å². The van der Waals surface area contributed by atoms with E-state index in [1.165, 1.54) is 31.7 Å². The Labute approximate surface area is 118 Å². The molecule has 0 aliphatic rings. The molecule has 0 bridgehead atoms. The maximum Gasteiger partial charge on any atom is 0.123 e. The van der Waals surface area contributed by atoms with E-state index in [9.17, 15) is 4.39 Å². The molecular formula is C15H23BrFN. The molecule has 1 atom stereocenters. The SMILES string of the molecule is CCCCCCC(Cc1cc(F)ccc1Br)NC. The molecule has 0 aromatic heterocycles. The lowest BCUT2D eigenvalue weighted by atomic mass is 10.00. The van der Waals surface area contributed by atoms with Gasteiger partial charge in [0.25, 0.3) is 0 Å². The predicted octanol–water partition coefficient (Wildman–Crippen LogP) is 4.69. The monoisotopic (exact) mass is 315 g/mol. The minimum Gasteiger partial charge on any atom is -0.317 e. The summed E-state index contributed by atoms with van der Waals surface area (Å²) in [6, 6.07) is 5.33. The zero-order valence-corrected chi connectivity index (χ0v) is 12.9. The lowest BCUT2D eigenvalue weighted by Gasteiger charge is -2.17. The fourth-order valence-corrected chi connectivity index (χ4v) is 2.54. The number of rotatable bonds is 8. The fraction of sp³-hybridized carbons (Fsp3) is 0.600. The van der Waals surface area contributed by atoms with E-state index in [0.717, 1.165) is 22.9 Å². The first-order valence-corrected chi connectivity index (χ1v) is 7.57. The van der Waals surface area contributed by atoms with Crippen LogP contribution in [0.15, 0.2) is 22.7 Å². The van der Waals surface area contributed by atoms with Crippen molar-refractivity contribution >= 4 is 15.9 Å². The van der Waals surface area contributed by atoms with Crippen LogP contribution in [0.3, 0.4) is 0 Å². The van der Waals surface area contributed by atoms with Crippen molar-refractivity contribution in [3.8, 4) is 0 Å². The molecule has 0 amide bonds. The minimum atomic E-state index is -0.158. The van der Waals surface area contributed by atoms with Crippen LogP contribution >= 0.6 is 15.9 Å². The van der Waals surface area contributed by atoms with E-state index in [1.54, 1.807) is 12.1 Å². The van der Waals surface area contributed by atoms with E-state index in [0.29, 0.717) is 6.04 Å². The molecule has 1 aromatic rings. The van der Waals surface area contributed by atoms with Gasteiger partial charge >= 0.3 is 0 Å². The molecule has 0 spiro atoms. The van der Waals surface area contributed by atoms with Gasteiger partial charge in [-0.3, -0.25) is 0 Å². The lowest BCUT2D eigenvalue weighted by molar-refractivity contribution is 0.483. The van der Waals surface area contributed by atoms with E-state index in [1.807, 2.05) is 7.05 Å². The van der Waals surface area contributed by atoms with Crippen molar-refractivity contribution < 1.29 is 4.39 Å². The quantitative estimate of drug-likeness (QED) is 0.686. The average Bonchev–Trinajstić information content (AvgIpc) is 2.37. The van der Waals surface area contributed by atoms with Gasteiger partial charge in [0.2, 0.25) is 0 Å². The van der Waals surface area contributed by atoms with Crippen molar-refractivity contribution in [3.63, 3.8) is 0 Å². The summed E-state index contributed by atoms with van der Waals surface area (Å²) in [5.74, 6) is -0.158. The van der Waals surface area contributed by atoms with Gasteiger partial charge in [-0.25, -0.2) is 4.39 Å². The molecule has 1 nitrogen and oxygen atoms in total. The molecular weight excluding hydrogens is 293 g/mol. The molecule has 1 unspecified atom stereocenters. The van der Waals surface area contributed by atoms with Crippen LogP contribution < -0.4 is 5.32 Å². The van der Waals surface area contributed by atoms with Crippen molar-refractivity contribution in [1.29, 1.82) is 0 Å². The number of nitrogens with one attached hydrogen (secondary N) is 1. The van der Waals surface area contributed by atoms with Crippen molar-refractivity contribution in [3.05, 3.63) is 34.1 Å². The van der Waals surface area contributed by atoms with Crippen LogP contribution in [-0.4, -0.2) is 13.1 Å². The lowest BCUT2D eigenvalue weighted by Crippen LogP contribution is -2.27. The van der Waals surface area contributed by atoms with Crippen LogP contribution in [0.1, 0.15) is 44.6 Å². The molecule has 0 radical (unpaired) electrons. The summed E-state index contributed by atoms with van der Waals surface area (Å²) in [5.41, 5.74) is 1.05. The molecule has 0 saturated heterocycles. The van der Waals surface area contributed by atoms with Crippen LogP contribution in [0.25, 0.3) is 0 Å². The van der Waals surface area contributed by atoms with Gasteiger partial charge in [-0.05, 0) is 43.7 Å². The van der Waals surface area contributed by atoms with Crippen molar-refractivity contribution in [2.24, 2.45) is 0 Å². The molecule has 3 heteroatoms. The van der Waals surface area contributed by atoms with Gasteiger partial charge in [0, 0.05) is 10.5 Å². The second-order valence-electron chi connectivity index (χ2n) is 4.77. The third kappa shape index (κ3) is 5.49. The zero-order valence-electron chi connectivity index (χ0n) is 11.3. The molecule has 0 saturated carbocycles. The summed E-state index contributed by atoms with van der Waals surface area (Å²) in [5, 5.41) is 3.33. The average molecular weight is 316 g/mol. The van der Waals surface area contributed by atoms with E-state index >= 15 is 0 Å². The van der Waals surface area contributed by atoms with Gasteiger partial charge < -0.3 is 5.32 Å². The second kappa shape index (κ2) is 8.65. The Bertz CT molecular complexity index is 354. The Morgan fingerprint density at radius 3 is 2.72 bits per heavy atom. The van der Waals surface area contributed by atoms with Crippen LogP contribution in [0.5, 0.6) is 0 Å². The summed E-state index contributed by atoms with van der Waals surface area (Å²) in [4.78, 5) is 0. The van der Waals surface area contributed by atoms with Crippen LogP contribution in [0.4, 0.5) is 4.39 Å². The molecule has 0 aliphatic carbocycles. The summed E-state index contributed by atoms with van der Waals surface area (Å²) in [7, 11) is 1.98. The summed E-state index contributed by atoms with van der Waals surface area (Å²) >= 11 is 3.49. The molecule has 0 fully saturated rings. The standard InChI is InChI=1S/C15H23BrFN/c1-3-4-5-6-7-14(18-2)11-12-10-13(17)8-9-15(12)16/h8-10,14,18H,3-7,11H2,1-2H3. The van der Waals surface area contributed by atoms with Crippen molar-refractivity contribution in [2.75, 3.05) is 7.05 Å². The Morgan fingerprint density at radius 1 is 1.28 bits per heavy atom. The van der Waals surface area contributed by atoms with Crippen LogP contribution in [0.2, 0.25) is 0 Å². The minimum absolute atomic E-state index is 0.158. The van der Waals surface area contributed by atoms with Gasteiger partial charge in [-0.15, -0.1) is 0 Å². The molecule has 1 rings (SSSR count). The smallest absolute Gasteiger partial charge is 0.123 e. The predicted molar refractivity (Wildman–Crippen MR) is 79.4 cm³/mol. The Kier molecular flexibility index (Phi) is 7.52. The molecule has 18 heavy (non-hydrogen) atoms. The molecule has 0 aliphatic heterocycles. The maximum atomic E-state index is 13.2. The number of benzene rings is 1. The fourth-order valence-electron chi connectivity index (χ4n) is 2.13. The highest BCUT2D eigenvalue weighted by atomic mass is 79.9.